The van der Waals surface area contributed by atoms with Gasteiger partial charge in [0.1, 0.15) is 12.5 Å². The van der Waals surface area contributed by atoms with Crippen molar-refractivity contribution in [1.82, 2.24) is 15.0 Å². The van der Waals surface area contributed by atoms with Gasteiger partial charge in [-0.2, -0.15) is 4.98 Å². The molecule has 1 amide bonds. The van der Waals surface area contributed by atoms with E-state index in [1.54, 1.807) is 12.0 Å². The highest BCUT2D eigenvalue weighted by Crippen LogP contribution is 2.47. The zero-order valence-corrected chi connectivity index (χ0v) is 11.9. The molecule has 110 valence electrons. The standard InChI is InChI=1S/C12H16ClN3O4/c1-18-4-9-14-11(20-15-9)8-3-16(10(17)2-13)5-12(8)6-19-7-12/h8H,2-7H2,1H3. The van der Waals surface area contributed by atoms with Crippen LogP contribution < -0.4 is 0 Å². The quantitative estimate of drug-likeness (QED) is 0.749. The van der Waals surface area contributed by atoms with Gasteiger partial charge in [0.2, 0.25) is 11.8 Å². The molecule has 2 saturated heterocycles. The minimum absolute atomic E-state index is 0.00141. The summed E-state index contributed by atoms with van der Waals surface area (Å²) in [7, 11) is 1.58. The van der Waals surface area contributed by atoms with Gasteiger partial charge in [0.15, 0.2) is 5.82 Å². The van der Waals surface area contributed by atoms with E-state index in [-0.39, 0.29) is 23.1 Å². The molecule has 1 atom stereocenters. The molecule has 0 N–H and O–H groups in total. The Kier molecular flexibility index (Phi) is 3.66. The predicted molar refractivity (Wildman–Crippen MR) is 68.3 cm³/mol. The van der Waals surface area contributed by atoms with E-state index >= 15 is 0 Å². The molecule has 0 saturated carbocycles. The summed E-state index contributed by atoms with van der Waals surface area (Å²) < 4.78 is 15.6. The molecule has 0 bridgehead atoms. The first-order valence-corrected chi connectivity index (χ1v) is 6.95. The van der Waals surface area contributed by atoms with Gasteiger partial charge in [-0.25, -0.2) is 0 Å². The molecule has 20 heavy (non-hydrogen) atoms. The van der Waals surface area contributed by atoms with E-state index in [9.17, 15) is 4.79 Å². The Morgan fingerprint density at radius 3 is 3.00 bits per heavy atom. The van der Waals surface area contributed by atoms with Crippen LogP contribution in [0.15, 0.2) is 4.52 Å². The van der Waals surface area contributed by atoms with Crippen LogP contribution in [-0.2, 0) is 20.9 Å². The summed E-state index contributed by atoms with van der Waals surface area (Å²) in [6.45, 7) is 2.69. The number of ether oxygens (including phenoxy) is 2. The molecular formula is C12H16ClN3O4. The van der Waals surface area contributed by atoms with E-state index < -0.39 is 0 Å². The van der Waals surface area contributed by atoms with Crippen LogP contribution in [0.5, 0.6) is 0 Å². The topological polar surface area (TPSA) is 77.7 Å². The first kappa shape index (κ1) is 13.8. The highest BCUT2D eigenvalue weighted by atomic mass is 35.5. The van der Waals surface area contributed by atoms with Crippen LogP contribution in [0.2, 0.25) is 0 Å². The summed E-state index contributed by atoms with van der Waals surface area (Å²) in [6, 6.07) is 0. The van der Waals surface area contributed by atoms with Crippen LogP contribution in [0.25, 0.3) is 0 Å². The molecule has 2 fully saturated rings. The lowest BCUT2D eigenvalue weighted by atomic mass is 9.76. The summed E-state index contributed by atoms with van der Waals surface area (Å²) in [4.78, 5) is 17.9. The minimum atomic E-state index is -0.113. The van der Waals surface area contributed by atoms with Gasteiger partial charge in [0.25, 0.3) is 0 Å². The molecular weight excluding hydrogens is 286 g/mol. The maximum Gasteiger partial charge on any atom is 0.237 e. The van der Waals surface area contributed by atoms with Crippen molar-refractivity contribution in [1.29, 1.82) is 0 Å². The largest absolute Gasteiger partial charge is 0.380 e. The molecule has 1 spiro atoms. The van der Waals surface area contributed by atoms with Crippen molar-refractivity contribution in [3.8, 4) is 0 Å². The predicted octanol–water partition coefficient (Wildman–Crippen LogP) is 0.397. The van der Waals surface area contributed by atoms with Crippen LogP contribution in [-0.4, -0.2) is 60.2 Å². The van der Waals surface area contributed by atoms with E-state index in [0.29, 0.717) is 44.6 Å². The van der Waals surface area contributed by atoms with Crippen molar-refractivity contribution in [3.63, 3.8) is 0 Å². The third-order valence-electron chi connectivity index (χ3n) is 3.95. The lowest BCUT2D eigenvalue weighted by Crippen LogP contribution is -2.48. The second kappa shape index (κ2) is 5.31. The summed E-state index contributed by atoms with van der Waals surface area (Å²) >= 11 is 5.64. The third-order valence-corrected chi connectivity index (χ3v) is 4.18. The number of aromatic nitrogens is 2. The van der Waals surface area contributed by atoms with E-state index in [1.807, 2.05) is 0 Å². The van der Waals surface area contributed by atoms with Gasteiger partial charge in [-0.15, -0.1) is 11.6 Å². The average molecular weight is 302 g/mol. The molecule has 2 aliphatic heterocycles. The molecule has 0 aromatic carbocycles. The lowest BCUT2D eigenvalue weighted by molar-refractivity contribution is -0.133. The second-order valence-corrected chi connectivity index (χ2v) is 5.56. The maximum absolute atomic E-state index is 11.8. The fourth-order valence-corrected chi connectivity index (χ4v) is 3.01. The molecule has 1 aromatic rings. The number of halogens is 1. The van der Waals surface area contributed by atoms with Crippen LogP contribution in [0.4, 0.5) is 0 Å². The number of carbonyl (C=O) groups is 1. The smallest absolute Gasteiger partial charge is 0.237 e. The number of methoxy groups -OCH3 is 1. The minimum Gasteiger partial charge on any atom is -0.380 e. The fourth-order valence-electron chi connectivity index (χ4n) is 2.84. The van der Waals surface area contributed by atoms with E-state index in [0.717, 1.165) is 0 Å². The summed E-state index contributed by atoms with van der Waals surface area (Å²) in [5, 5.41) is 3.88. The maximum atomic E-state index is 11.8. The molecule has 7 nitrogen and oxygen atoms in total. The molecule has 3 rings (SSSR count). The SMILES string of the molecule is COCc1noc(C2CN(C(=O)CCl)CC23COC3)n1. The lowest BCUT2D eigenvalue weighted by Gasteiger charge is -2.40. The van der Waals surface area contributed by atoms with Crippen molar-refractivity contribution in [2.45, 2.75) is 12.5 Å². The average Bonchev–Trinajstić information content (AvgIpc) is 3.01. The molecule has 1 aromatic heterocycles. The van der Waals surface area contributed by atoms with Gasteiger partial charge in [-0.3, -0.25) is 4.79 Å². The zero-order chi connectivity index (χ0) is 14.2. The highest BCUT2D eigenvalue weighted by Gasteiger charge is 2.55. The Morgan fingerprint density at radius 2 is 2.40 bits per heavy atom. The monoisotopic (exact) mass is 301 g/mol. The number of hydrogen-bond acceptors (Lipinski definition) is 6. The van der Waals surface area contributed by atoms with Crippen molar-refractivity contribution in [2.75, 3.05) is 39.3 Å². The van der Waals surface area contributed by atoms with Crippen LogP contribution in [0, 0.1) is 5.41 Å². The Morgan fingerprint density at radius 1 is 1.60 bits per heavy atom. The van der Waals surface area contributed by atoms with Crippen molar-refractivity contribution in [3.05, 3.63) is 11.7 Å². The van der Waals surface area contributed by atoms with Gasteiger partial charge in [-0.05, 0) is 0 Å². The molecule has 8 heteroatoms. The van der Waals surface area contributed by atoms with Gasteiger partial charge in [0, 0.05) is 25.6 Å². The molecule has 2 aliphatic rings. The van der Waals surface area contributed by atoms with Gasteiger partial charge >= 0.3 is 0 Å². The molecule has 0 radical (unpaired) electrons. The zero-order valence-electron chi connectivity index (χ0n) is 11.2. The van der Waals surface area contributed by atoms with E-state index in [2.05, 4.69) is 10.1 Å². The van der Waals surface area contributed by atoms with Crippen LogP contribution in [0.3, 0.4) is 0 Å². The molecule has 3 heterocycles. The first-order valence-electron chi connectivity index (χ1n) is 6.41. The van der Waals surface area contributed by atoms with Crippen LogP contribution >= 0.6 is 11.6 Å². The number of amides is 1. The van der Waals surface area contributed by atoms with Gasteiger partial charge in [0.05, 0.1) is 19.1 Å². The molecule has 1 unspecified atom stereocenters. The van der Waals surface area contributed by atoms with E-state index in [4.69, 9.17) is 25.6 Å². The summed E-state index contributed by atoms with van der Waals surface area (Å²) in [5.41, 5.74) is -0.113. The van der Waals surface area contributed by atoms with Gasteiger partial charge in [-0.1, -0.05) is 5.16 Å². The number of hydrogen-bond donors (Lipinski definition) is 0. The Balaban J connectivity index is 1.81. The highest BCUT2D eigenvalue weighted by molar-refractivity contribution is 6.27. The summed E-state index contributed by atoms with van der Waals surface area (Å²) in [5.74, 6) is 0.978. The third kappa shape index (κ3) is 2.19. The fraction of sp³-hybridized carbons (Fsp3) is 0.750. The van der Waals surface area contributed by atoms with E-state index in [1.165, 1.54) is 0 Å². The second-order valence-electron chi connectivity index (χ2n) is 5.30. The Bertz CT molecular complexity index is 503. The number of likely N-dealkylation sites (tertiary alicyclic amines) is 1. The molecule has 0 aliphatic carbocycles. The van der Waals surface area contributed by atoms with Crippen molar-refractivity contribution >= 4 is 17.5 Å². The Hall–Kier alpha value is -1.18. The number of rotatable bonds is 4. The number of alkyl halides is 1. The van der Waals surface area contributed by atoms with Crippen LogP contribution in [0.1, 0.15) is 17.6 Å². The van der Waals surface area contributed by atoms with Crippen molar-refractivity contribution < 1.29 is 18.8 Å². The number of nitrogens with zero attached hydrogens (tertiary/aromatic N) is 3. The first-order chi connectivity index (χ1) is 9.68. The summed E-state index contributed by atoms with van der Waals surface area (Å²) in [6.07, 6.45) is 0. The Labute approximate surface area is 121 Å². The number of carbonyl (C=O) groups excluding carboxylic acids is 1. The normalized spacial score (nSPS) is 24.1. The van der Waals surface area contributed by atoms with Gasteiger partial charge < -0.3 is 18.9 Å². The van der Waals surface area contributed by atoms with Crippen molar-refractivity contribution in [2.24, 2.45) is 5.41 Å².